The van der Waals surface area contributed by atoms with Crippen LogP contribution < -0.4 is 5.73 Å². The zero-order valence-electron chi connectivity index (χ0n) is 13.9. The summed E-state index contributed by atoms with van der Waals surface area (Å²) < 4.78 is 5.29. The van der Waals surface area contributed by atoms with Crippen LogP contribution in [0.1, 0.15) is 17.3 Å². The summed E-state index contributed by atoms with van der Waals surface area (Å²) in [5, 5.41) is 9.55. The Kier molecular flexibility index (Phi) is 4.70. The molecule has 0 saturated heterocycles. The number of ether oxygens (including phenoxy) is 1. The number of hydrogen-bond donors (Lipinski definition) is 2. The number of nitrogen functional groups attached to an aromatic ring is 1. The van der Waals surface area contributed by atoms with Crippen molar-refractivity contribution in [1.29, 1.82) is 0 Å². The Morgan fingerprint density at radius 2 is 1.64 bits per heavy atom. The molecule has 0 atom stereocenters. The molecule has 126 valence electrons. The van der Waals surface area contributed by atoms with Crippen LogP contribution in [0.3, 0.4) is 0 Å². The summed E-state index contributed by atoms with van der Waals surface area (Å²) in [6, 6.07) is 19.9. The number of esters is 1. The molecule has 0 aliphatic rings. The number of nitrogens with two attached hydrogens (primary N) is 1. The highest BCUT2D eigenvalue weighted by Crippen LogP contribution is 2.37. The van der Waals surface area contributed by atoms with Crippen LogP contribution in [-0.4, -0.2) is 17.7 Å². The van der Waals surface area contributed by atoms with E-state index in [0.29, 0.717) is 16.8 Å². The van der Waals surface area contributed by atoms with Crippen LogP contribution in [0.25, 0.3) is 22.3 Å². The van der Waals surface area contributed by atoms with Crippen LogP contribution in [0.5, 0.6) is 5.75 Å². The third kappa shape index (κ3) is 3.33. The van der Waals surface area contributed by atoms with Gasteiger partial charge in [0.05, 0.1) is 12.2 Å². The Bertz CT molecular complexity index is 887. The van der Waals surface area contributed by atoms with Gasteiger partial charge in [0, 0.05) is 11.3 Å². The van der Waals surface area contributed by atoms with Crippen molar-refractivity contribution in [2.45, 2.75) is 6.92 Å². The molecule has 25 heavy (non-hydrogen) atoms. The first kappa shape index (κ1) is 16.6. The molecule has 0 aliphatic heterocycles. The van der Waals surface area contributed by atoms with Crippen molar-refractivity contribution in [2.75, 3.05) is 12.3 Å². The van der Waals surface area contributed by atoms with Gasteiger partial charge in [0.15, 0.2) is 0 Å². The van der Waals surface area contributed by atoms with Gasteiger partial charge in [-0.2, -0.15) is 0 Å². The van der Waals surface area contributed by atoms with Gasteiger partial charge in [-0.25, -0.2) is 4.79 Å². The average molecular weight is 333 g/mol. The van der Waals surface area contributed by atoms with E-state index < -0.39 is 5.97 Å². The monoisotopic (exact) mass is 333 g/mol. The van der Waals surface area contributed by atoms with Gasteiger partial charge in [0.2, 0.25) is 0 Å². The second-order valence-electron chi connectivity index (χ2n) is 5.59. The second-order valence-corrected chi connectivity index (χ2v) is 5.59. The molecule has 0 bridgehead atoms. The smallest absolute Gasteiger partial charge is 0.339 e. The SMILES string of the molecule is CCOC(=O)c1c(-c2ccccc2)ccc(N)c1-c1ccc(O)cc1. The van der Waals surface area contributed by atoms with E-state index in [4.69, 9.17) is 10.5 Å². The molecule has 0 aromatic heterocycles. The van der Waals surface area contributed by atoms with Gasteiger partial charge in [-0.1, -0.05) is 48.5 Å². The van der Waals surface area contributed by atoms with Crippen molar-refractivity contribution in [1.82, 2.24) is 0 Å². The van der Waals surface area contributed by atoms with Gasteiger partial charge >= 0.3 is 5.97 Å². The Balaban J connectivity index is 2.29. The fourth-order valence-electron chi connectivity index (χ4n) is 2.83. The molecule has 4 nitrogen and oxygen atoms in total. The minimum absolute atomic E-state index is 0.152. The van der Waals surface area contributed by atoms with Gasteiger partial charge in [0.25, 0.3) is 0 Å². The first-order valence-corrected chi connectivity index (χ1v) is 8.06. The van der Waals surface area contributed by atoms with Crippen molar-refractivity contribution in [3.63, 3.8) is 0 Å². The Morgan fingerprint density at radius 3 is 2.28 bits per heavy atom. The highest BCUT2D eigenvalue weighted by atomic mass is 16.5. The molecule has 0 unspecified atom stereocenters. The summed E-state index contributed by atoms with van der Waals surface area (Å²) in [6.07, 6.45) is 0. The molecule has 0 radical (unpaired) electrons. The predicted octanol–water partition coefficient (Wildman–Crippen LogP) is 4.49. The molecule has 3 rings (SSSR count). The maximum Gasteiger partial charge on any atom is 0.339 e. The quantitative estimate of drug-likeness (QED) is 0.545. The fourth-order valence-corrected chi connectivity index (χ4v) is 2.83. The molecule has 3 aromatic rings. The molecular formula is C21H19NO3. The van der Waals surface area contributed by atoms with Crippen LogP contribution in [-0.2, 0) is 4.74 Å². The molecule has 0 amide bonds. The average Bonchev–Trinajstić information content (AvgIpc) is 2.63. The van der Waals surface area contributed by atoms with E-state index in [1.54, 1.807) is 37.3 Å². The molecular weight excluding hydrogens is 314 g/mol. The summed E-state index contributed by atoms with van der Waals surface area (Å²) in [4.78, 5) is 12.7. The summed E-state index contributed by atoms with van der Waals surface area (Å²) in [5.41, 5.74) is 10.1. The normalized spacial score (nSPS) is 10.4. The Morgan fingerprint density at radius 1 is 0.960 bits per heavy atom. The molecule has 0 fully saturated rings. The van der Waals surface area contributed by atoms with E-state index in [1.165, 1.54) is 0 Å². The van der Waals surface area contributed by atoms with Gasteiger partial charge in [-0.15, -0.1) is 0 Å². The topological polar surface area (TPSA) is 72.5 Å². The number of anilines is 1. The van der Waals surface area contributed by atoms with E-state index in [2.05, 4.69) is 0 Å². The molecule has 0 saturated carbocycles. The minimum atomic E-state index is -0.420. The molecule has 0 heterocycles. The van der Waals surface area contributed by atoms with Crippen LogP contribution in [0.2, 0.25) is 0 Å². The van der Waals surface area contributed by atoms with E-state index >= 15 is 0 Å². The standard InChI is InChI=1S/C21H19NO3/c1-2-25-21(24)20-17(14-6-4-3-5-7-14)12-13-18(22)19(20)15-8-10-16(23)11-9-15/h3-13,23H,2,22H2,1H3. The summed E-state index contributed by atoms with van der Waals surface area (Å²) in [5.74, 6) is -0.268. The molecule has 4 heteroatoms. The highest BCUT2D eigenvalue weighted by Gasteiger charge is 2.22. The maximum absolute atomic E-state index is 12.7. The minimum Gasteiger partial charge on any atom is -0.508 e. The lowest BCUT2D eigenvalue weighted by Crippen LogP contribution is -2.10. The maximum atomic E-state index is 12.7. The van der Waals surface area contributed by atoms with Gasteiger partial charge < -0.3 is 15.6 Å². The number of benzene rings is 3. The fraction of sp³-hybridized carbons (Fsp3) is 0.0952. The Hall–Kier alpha value is -3.27. The van der Waals surface area contributed by atoms with Crippen LogP contribution in [0, 0.1) is 0 Å². The third-order valence-electron chi connectivity index (χ3n) is 3.96. The van der Waals surface area contributed by atoms with Crippen molar-refractivity contribution >= 4 is 11.7 Å². The molecule has 3 aromatic carbocycles. The lowest BCUT2D eigenvalue weighted by molar-refractivity contribution is 0.0528. The largest absolute Gasteiger partial charge is 0.508 e. The number of carbonyl (C=O) groups is 1. The van der Waals surface area contributed by atoms with Gasteiger partial charge in [-0.3, -0.25) is 0 Å². The lowest BCUT2D eigenvalue weighted by atomic mass is 9.90. The van der Waals surface area contributed by atoms with Crippen molar-refractivity contribution < 1.29 is 14.6 Å². The van der Waals surface area contributed by atoms with E-state index in [9.17, 15) is 9.90 Å². The van der Waals surface area contributed by atoms with Crippen molar-refractivity contribution in [3.05, 3.63) is 72.3 Å². The highest BCUT2D eigenvalue weighted by molar-refractivity contribution is 6.07. The van der Waals surface area contributed by atoms with Crippen LogP contribution >= 0.6 is 0 Å². The van der Waals surface area contributed by atoms with Crippen LogP contribution in [0.4, 0.5) is 5.69 Å². The van der Waals surface area contributed by atoms with E-state index in [0.717, 1.165) is 16.7 Å². The third-order valence-corrected chi connectivity index (χ3v) is 3.96. The van der Waals surface area contributed by atoms with E-state index in [-0.39, 0.29) is 12.4 Å². The van der Waals surface area contributed by atoms with Crippen molar-refractivity contribution in [3.8, 4) is 28.0 Å². The summed E-state index contributed by atoms with van der Waals surface area (Å²) >= 11 is 0. The van der Waals surface area contributed by atoms with Crippen LogP contribution in [0.15, 0.2) is 66.7 Å². The number of phenolic OH excluding ortho intramolecular Hbond substituents is 1. The van der Waals surface area contributed by atoms with Crippen molar-refractivity contribution in [2.24, 2.45) is 0 Å². The number of hydrogen-bond acceptors (Lipinski definition) is 4. The predicted molar refractivity (Wildman–Crippen MR) is 99.3 cm³/mol. The number of rotatable bonds is 4. The molecule has 3 N–H and O–H groups in total. The van der Waals surface area contributed by atoms with Gasteiger partial charge in [-0.05, 0) is 41.8 Å². The summed E-state index contributed by atoms with van der Waals surface area (Å²) in [6.45, 7) is 2.05. The first-order valence-electron chi connectivity index (χ1n) is 8.06. The second kappa shape index (κ2) is 7.09. The number of aromatic hydroxyl groups is 1. The van der Waals surface area contributed by atoms with Gasteiger partial charge in [0.1, 0.15) is 5.75 Å². The number of carbonyl (C=O) groups excluding carboxylic acids is 1. The summed E-state index contributed by atoms with van der Waals surface area (Å²) in [7, 11) is 0. The first-order chi connectivity index (χ1) is 12.1. The molecule has 0 aliphatic carbocycles. The lowest BCUT2D eigenvalue weighted by Gasteiger charge is -2.17. The zero-order chi connectivity index (χ0) is 17.8. The number of phenols is 1. The Labute approximate surface area is 146 Å². The van der Waals surface area contributed by atoms with E-state index in [1.807, 2.05) is 36.4 Å². The molecule has 0 spiro atoms. The zero-order valence-corrected chi connectivity index (χ0v) is 13.9.